The van der Waals surface area contributed by atoms with E-state index in [2.05, 4.69) is 15.6 Å². The third-order valence-corrected chi connectivity index (χ3v) is 4.58. The fourth-order valence-corrected chi connectivity index (χ4v) is 3.32. The van der Waals surface area contributed by atoms with Crippen LogP contribution in [0.3, 0.4) is 0 Å². The SMILES string of the molecule is O=C(Nc1nc2ccc(NC(=O)c3ccco3)cc2s1)c1ccccc1. The molecule has 0 unspecified atom stereocenters. The summed E-state index contributed by atoms with van der Waals surface area (Å²) in [6.45, 7) is 0. The monoisotopic (exact) mass is 363 g/mol. The molecule has 6 nitrogen and oxygen atoms in total. The van der Waals surface area contributed by atoms with Gasteiger partial charge in [-0.1, -0.05) is 29.5 Å². The van der Waals surface area contributed by atoms with Crippen LogP contribution in [0.5, 0.6) is 0 Å². The number of rotatable bonds is 4. The van der Waals surface area contributed by atoms with Crippen LogP contribution < -0.4 is 10.6 Å². The number of fused-ring (bicyclic) bond motifs is 1. The number of nitrogens with one attached hydrogen (secondary N) is 2. The average molecular weight is 363 g/mol. The van der Waals surface area contributed by atoms with E-state index in [1.807, 2.05) is 12.1 Å². The van der Waals surface area contributed by atoms with Crippen LogP contribution in [-0.4, -0.2) is 16.8 Å². The Kier molecular flexibility index (Phi) is 4.20. The highest BCUT2D eigenvalue weighted by atomic mass is 32.1. The number of thiazole rings is 1. The van der Waals surface area contributed by atoms with Crippen molar-refractivity contribution in [3.63, 3.8) is 0 Å². The van der Waals surface area contributed by atoms with E-state index in [0.717, 1.165) is 10.2 Å². The van der Waals surface area contributed by atoms with Gasteiger partial charge in [0.05, 0.1) is 16.5 Å². The standard InChI is InChI=1S/C19H13N3O3S/c23-17(12-5-2-1-3-6-12)22-19-21-14-9-8-13(11-16(14)26-19)20-18(24)15-7-4-10-25-15/h1-11H,(H,20,24)(H,21,22,23). The van der Waals surface area contributed by atoms with Gasteiger partial charge in [0.25, 0.3) is 11.8 Å². The van der Waals surface area contributed by atoms with Gasteiger partial charge in [-0.3, -0.25) is 14.9 Å². The third-order valence-electron chi connectivity index (χ3n) is 3.65. The zero-order valence-electron chi connectivity index (χ0n) is 13.4. The maximum absolute atomic E-state index is 12.2. The molecular formula is C19H13N3O3S. The molecule has 4 aromatic rings. The van der Waals surface area contributed by atoms with E-state index in [4.69, 9.17) is 4.42 Å². The lowest BCUT2D eigenvalue weighted by molar-refractivity contribution is 0.0994. The van der Waals surface area contributed by atoms with Gasteiger partial charge in [0.2, 0.25) is 0 Å². The van der Waals surface area contributed by atoms with Crippen LogP contribution in [0.25, 0.3) is 10.2 Å². The van der Waals surface area contributed by atoms with E-state index in [9.17, 15) is 9.59 Å². The Hall–Kier alpha value is -3.45. The summed E-state index contributed by atoms with van der Waals surface area (Å²) in [6, 6.07) is 17.6. The van der Waals surface area contributed by atoms with Crippen molar-refractivity contribution in [2.75, 3.05) is 10.6 Å². The third kappa shape index (κ3) is 3.33. The Morgan fingerprint density at radius 1 is 0.923 bits per heavy atom. The molecular weight excluding hydrogens is 350 g/mol. The van der Waals surface area contributed by atoms with Crippen molar-refractivity contribution in [1.82, 2.24) is 4.98 Å². The van der Waals surface area contributed by atoms with Crippen LogP contribution in [0.15, 0.2) is 71.3 Å². The maximum atomic E-state index is 12.2. The zero-order chi connectivity index (χ0) is 17.9. The normalized spacial score (nSPS) is 10.6. The lowest BCUT2D eigenvalue weighted by Crippen LogP contribution is -2.11. The second kappa shape index (κ2) is 6.81. The Labute approximate surface area is 152 Å². The van der Waals surface area contributed by atoms with Crippen LogP contribution in [-0.2, 0) is 0 Å². The number of furan rings is 1. The van der Waals surface area contributed by atoms with Gasteiger partial charge in [-0.2, -0.15) is 0 Å². The van der Waals surface area contributed by atoms with Crippen molar-refractivity contribution in [3.05, 3.63) is 78.3 Å². The van der Waals surface area contributed by atoms with Crippen molar-refractivity contribution in [2.45, 2.75) is 0 Å². The summed E-state index contributed by atoms with van der Waals surface area (Å²) >= 11 is 1.34. The molecule has 4 rings (SSSR count). The summed E-state index contributed by atoms with van der Waals surface area (Å²) in [5.74, 6) is -0.294. The van der Waals surface area contributed by atoms with Crippen molar-refractivity contribution in [3.8, 4) is 0 Å². The Morgan fingerprint density at radius 2 is 1.77 bits per heavy atom. The fourth-order valence-electron chi connectivity index (χ4n) is 2.42. The average Bonchev–Trinajstić information content (AvgIpc) is 3.31. The van der Waals surface area contributed by atoms with Gasteiger partial charge in [-0.25, -0.2) is 4.98 Å². The second-order valence-electron chi connectivity index (χ2n) is 5.45. The first-order valence-corrected chi connectivity index (χ1v) is 8.62. The van der Waals surface area contributed by atoms with Crippen molar-refractivity contribution in [1.29, 1.82) is 0 Å². The summed E-state index contributed by atoms with van der Waals surface area (Å²) in [6.07, 6.45) is 1.45. The molecule has 2 aromatic heterocycles. The minimum absolute atomic E-state index is 0.212. The summed E-state index contributed by atoms with van der Waals surface area (Å²) in [5, 5.41) is 6.07. The highest BCUT2D eigenvalue weighted by Crippen LogP contribution is 2.29. The van der Waals surface area contributed by atoms with E-state index in [1.54, 1.807) is 48.5 Å². The Bertz CT molecular complexity index is 1070. The van der Waals surface area contributed by atoms with Gasteiger partial charge in [0.15, 0.2) is 10.9 Å². The number of hydrogen-bond acceptors (Lipinski definition) is 5. The van der Waals surface area contributed by atoms with Crippen LogP contribution in [0, 0.1) is 0 Å². The first kappa shape index (κ1) is 16.0. The molecule has 128 valence electrons. The Balaban J connectivity index is 1.52. The summed E-state index contributed by atoms with van der Waals surface area (Å²) < 4.78 is 5.93. The number of nitrogens with zero attached hydrogens (tertiary/aromatic N) is 1. The predicted molar refractivity (Wildman–Crippen MR) is 101 cm³/mol. The predicted octanol–water partition coefficient (Wildman–Crippen LogP) is 4.39. The van der Waals surface area contributed by atoms with Crippen LogP contribution in [0.2, 0.25) is 0 Å². The van der Waals surface area contributed by atoms with Gasteiger partial charge >= 0.3 is 0 Å². The largest absolute Gasteiger partial charge is 0.459 e. The number of amides is 2. The first-order valence-electron chi connectivity index (χ1n) is 7.81. The number of carbonyl (C=O) groups is 2. The van der Waals surface area contributed by atoms with Crippen molar-refractivity contribution < 1.29 is 14.0 Å². The minimum Gasteiger partial charge on any atom is -0.459 e. The lowest BCUT2D eigenvalue weighted by Gasteiger charge is -2.02. The summed E-state index contributed by atoms with van der Waals surface area (Å²) in [7, 11) is 0. The van der Waals surface area contributed by atoms with Crippen molar-refractivity contribution in [2.24, 2.45) is 0 Å². The zero-order valence-corrected chi connectivity index (χ0v) is 14.2. The van der Waals surface area contributed by atoms with E-state index < -0.39 is 0 Å². The molecule has 0 aliphatic rings. The first-order chi connectivity index (χ1) is 12.7. The number of carbonyl (C=O) groups excluding carboxylic acids is 2. The Morgan fingerprint density at radius 3 is 2.54 bits per heavy atom. The van der Waals surface area contributed by atoms with Crippen LogP contribution in [0.1, 0.15) is 20.9 Å². The van der Waals surface area contributed by atoms with Gasteiger partial charge in [-0.15, -0.1) is 0 Å². The lowest BCUT2D eigenvalue weighted by atomic mass is 10.2. The molecule has 0 fully saturated rings. The molecule has 0 aliphatic heterocycles. The van der Waals surface area contributed by atoms with Crippen molar-refractivity contribution >= 4 is 44.2 Å². The smallest absolute Gasteiger partial charge is 0.291 e. The molecule has 0 aliphatic carbocycles. The molecule has 2 aromatic carbocycles. The van der Waals surface area contributed by atoms with E-state index in [0.29, 0.717) is 16.4 Å². The van der Waals surface area contributed by atoms with E-state index in [1.165, 1.54) is 17.6 Å². The number of hydrogen-bond donors (Lipinski definition) is 2. The van der Waals surface area contributed by atoms with Gasteiger partial charge in [0, 0.05) is 11.3 Å². The van der Waals surface area contributed by atoms with Gasteiger partial charge in [-0.05, 0) is 42.5 Å². The van der Waals surface area contributed by atoms with Gasteiger partial charge in [0.1, 0.15) is 0 Å². The molecule has 7 heteroatoms. The van der Waals surface area contributed by atoms with E-state index in [-0.39, 0.29) is 17.6 Å². The highest BCUT2D eigenvalue weighted by Gasteiger charge is 2.12. The second-order valence-corrected chi connectivity index (χ2v) is 6.48. The maximum Gasteiger partial charge on any atom is 0.291 e. The molecule has 0 saturated heterocycles. The molecule has 0 bridgehead atoms. The number of anilines is 2. The molecule has 26 heavy (non-hydrogen) atoms. The topological polar surface area (TPSA) is 84.2 Å². The quantitative estimate of drug-likeness (QED) is 0.563. The van der Waals surface area contributed by atoms with Crippen LogP contribution in [0.4, 0.5) is 10.8 Å². The molecule has 2 amide bonds. The molecule has 2 heterocycles. The number of aromatic nitrogens is 1. The van der Waals surface area contributed by atoms with E-state index >= 15 is 0 Å². The molecule has 2 N–H and O–H groups in total. The van der Waals surface area contributed by atoms with Gasteiger partial charge < -0.3 is 9.73 Å². The minimum atomic E-state index is -0.323. The molecule has 0 atom stereocenters. The van der Waals surface area contributed by atoms with Crippen LogP contribution >= 0.6 is 11.3 Å². The fraction of sp³-hybridized carbons (Fsp3) is 0. The molecule has 0 radical (unpaired) electrons. The highest BCUT2D eigenvalue weighted by molar-refractivity contribution is 7.22. The molecule has 0 saturated carbocycles. The molecule has 0 spiro atoms. The number of benzene rings is 2. The summed E-state index contributed by atoms with van der Waals surface area (Å²) in [4.78, 5) is 28.7. The summed E-state index contributed by atoms with van der Waals surface area (Å²) in [5.41, 5.74) is 1.94.